The fourth-order valence-electron chi connectivity index (χ4n) is 3.69. The summed E-state index contributed by atoms with van der Waals surface area (Å²) in [6, 6.07) is 3.56. The van der Waals surface area contributed by atoms with Crippen molar-refractivity contribution in [2.24, 2.45) is 0 Å². The molecule has 0 bridgehead atoms. The predicted molar refractivity (Wildman–Crippen MR) is 119 cm³/mol. The Morgan fingerprint density at radius 1 is 1.18 bits per heavy atom. The number of hydrogen-bond donors (Lipinski definition) is 1. The van der Waals surface area contributed by atoms with E-state index in [1.165, 1.54) is 7.11 Å². The first-order valence-electron chi connectivity index (χ1n) is 9.98. The minimum atomic E-state index is -4.40. The molecule has 0 fully saturated rings. The molecule has 0 atom stereocenters. The number of aromatic nitrogens is 2. The van der Waals surface area contributed by atoms with Gasteiger partial charge < -0.3 is 14.5 Å². The molecule has 0 amide bonds. The van der Waals surface area contributed by atoms with Crippen LogP contribution >= 0.6 is 11.3 Å². The molecule has 2 heterocycles. The van der Waals surface area contributed by atoms with Crippen molar-refractivity contribution in [2.75, 3.05) is 20.8 Å². The molecule has 1 N–H and O–H groups in total. The Morgan fingerprint density at radius 3 is 2.39 bits per heavy atom. The number of H-pyrrole nitrogens is 1. The van der Waals surface area contributed by atoms with E-state index in [4.69, 9.17) is 9.47 Å². The highest BCUT2D eigenvalue weighted by atomic mass is 32.1. The monoisotopic (exact) mass is 483 g/mol. The third-order valence-corrected chi connectivity index (χ3v) is 6.16. The van der Waals surface area contributed by atoms with Crippen LogP contribution in [0, 0.1) is 20.8 Å². The summed E-state index contributed by atoms with van der Waals surface area (Å²) in [6.45, 7) is 4.54. The summed E-state index contributed by atoms with van der Waals surface area (Å²) in [5.41, 5.74) is 2.31. The van der Waals surface area contributed by atoms with Crippen molar-refractivity contribution in [1.82, 2.24) is 14.9 Å². The molecular weight excluding hydrogens is 459 g/mol. The number of alkyl halides is 3. The van der Waals surface area contributed by atoms with Gasteiger partial charge in [-0.3, -0.25) is 9.69 Å². The highest BCUT2D eigenvalue weighted by Crippen LogP contribution is 2.29. The number of esters is 1. The molecule has 33 heavy (non-hydrogen) atoms. The van der Waals surface area contributed by atoms with Crippen molar-refractivity contribution in [3.63, 3.8) is 0 Å². The van der Waals surface area contributed by atoms with Gasteiger partial charge >= 0.3 is 12.1 Å². The van der Waals surface area contributed by atoms with Crippen molar-refractivity contribution in [2.45, 2.75) is 40.0 Å². The van der Waals surface area contributed by atoms with Crippen molar-refractivity contribution in [3.8, 4) is 5.75 Å². The Hall–Kier alpha value is -2.92. The number of aromatic amines is 1. The number of nitrogens with one attached hydrogen (secondary N) is 1. The molecule has 0 unspecified atom stereocenters. The number of benzene rings is 1. The Labute approximate surface area is 192 Å². The molecule has 0 saturated carbocycles. The van der Waals surface area contributed by atoms with E-state index >= 15 is 0 Å². The lowest BCUT2D eigenvalue weighted by molar-refractivity contribution is -0.153. The van der Waals surface area contributed by atoms with E-state index in [1.54, 1.807) is 32.9 Å². The number of ether oxygens (including phenoxy) is 2. The number of rotatable bonds is 7. The number of methoxy groups -OCH3 is 1. The first-order valence-corrected chi connectivity index (χ1v) is 10.8. The molecule has 0 aliphatic rings. The van der Waals surface area contributed by atoms with E-state index in [2.05, 4.69) is 9.97 Å². The smallest absolute Gasteiger partial charge is 0.422 e. The molecule has 178 valence electrons. The lowest BCUT2D eigenvalue weighted by Gasteiger charge is -2.19. The van der Waals surface area contributed by atoms with Crippen molar-refractivity contribution in [3.05, 3.63) is 55.4 Å². The second-order valence-corrected chi connectivity index (χ2v) is 8.87. The van der Waals surface area contributed by atoms with Gasteiger partial charge in [0.2, 0.25) is 0 Å². The fraction of sp³-hybridized carbons (Fsp3) is 0.409. The zero-order chi connectivity index (χ0) is 24.5. The normalized spacial score (nSPS) is 11.9. The Bertz CT molecular complexity index is 1230. The summed E-state index contributed by atoms with van der Waals surface area (Å²) in [7, 11) is 3.12. The average molecular weight is 484 g/mol. The minimum absolute atomic E-state index is 0.227. The van der Waals surface area contributed by atoms with Crippen LogP contribution in [0.15, 0.2) is 16.9 Å². The molecule has 3 aromatic rings. The first-order chi connectivity index (χ1) is 15.4. The topological polar surface area (TPSA) is 84.5 Å². The fourth-order valence-corrected chi connectivity index (χ4v) is 4.81. The zero-order valence-electron chi connectivity index (χ0n) is 18.8. The second-order valence-electron chi connectivity index (χ2n) is 7.88. The van der Waals surface area contributed by atoms with Crippen LogP contribution in [0.4, 0.5) is 13.2 Å². The van der Waals surface area contributed by atoms with Crippen LogP contribution in [-0.4, -0.2) is 47.8 Å². The molecule has 0 radical (unpaired) electrons. The van der Waals surface area contributed by atoms with E-state index in [0.29, 0.717) is 50.7 Å². The molecule has 3 rings (SSSR count). The summed E-state index contributed by atoms with van der Waals surface area (Å²) in [5, 5.41) is 0.368. The number of halogens is 3. The van der Waals surface area contributed by atoms with Crippen LogP contribution in [0.5, 0.6) is 5.75 Å². The Kier molecular flexibility index (Phi) is 7.13. The third-order valence-electron chi connectivity index (χ3n) is 4.99. The number of aryl methyl sites for hydroxylation is 3. The van der Waals surface area contributed by atoms with Gasteiger partial charge in [0, 0.05) is 6.54 Å². The van der Waals surface area contributed by atoms with Crippen LogP contribution in [0.1, 0.15) is 37.7 Å². The van der Waals surface area contributed by atoms with E-state index in [1.807, 2.05) is 11.9 Å². The van der Waals surface area contributed by atoms with Crippen LogP contribution in [0.3, 0.4) is 0 Å². The highest BCUT2D eigenvalue weighted by molar-refractivity contribution is 7.20. The minimum Gasteiger partial charge on any atom is -0.484 e. The van der Waals surface area contributed by atoms with Crippen LogP contribution < -0.4 is 10.3 Å². The number of nitrogens with zero attached hydrogens (tertiary/aromatic N) is 2. The van der Waals surface area contributed by atoms with Gasteiger partial charge in [0.25, 0.3) is 5.56 Å². The summed E-state index contributed by atoms with van der Waals surface area (Å²) in [5.74, 6) is 0.151. The van der Waals surface area contributed by atoms with E-state index in [-0.39, 0.29) is 11.3 Å². The van der Waals surface area contributed by atoms with Crippen molar-refractivity contribution < 1.29 is 27.4 Å². The van der Waals surface area contributed by atoms with Gasteiger partial charge in [0.15, 0.2) is 6.61 Å². The Morgan fingerprint density at radius 2 is 1.82 bits per heavy atom. The standard InChI is InChI=1S/C22H24F3N3O4S/c1-11-6-14(7-12(2)17(11)32-10-22(23,24)25)8-28(4)9-15-26-19(29)16-13(3)18(21(30)31-5)33-20(16)27-15/h6-7H,8-10H2,1-5H3,(H,26,27,29). The van der Waals surface area contributed by atoms with E-state index < -0.39 is 18.8 Å². The summed E-state index contributed by atoms with van der Waals surface area (Å²) in [4.78, 5) is 34.5. The summed E-state index contributed by atoms with van der Waals surface area (Å²) >= 11 is 1.11. The van der Waals surface area contributed by atoms with Gasteiger partial charge in [0.05, 0.1) is 19.0 Å². The van der Waals surface area contributed by atoms with Crippen LogP contribution in [0.25, 0.3) is 10.2 Å². The van der Waals surface area contributed by atoms with Crippen LogP contribution in [0.2, 0.25) is 0 Å². The quantitative estimate of drug-likeness (QED) is 0.506. The maximum absolute atomic E-state index is 12.6. The maximum Gasteiger partial charge on any atom is 0.422 e. The molecule has 0 saturated heterocycles. The number of fused-ring (bicyclic) bond motifs is 1. The molecule has 0 spiro atoms. The molecule has 11 heteroatoms. The predicted octanol–water partition coefficient (Wildman–Crippen LogP) is 4.27. The number of carbonyl (C=O) groups is 1. The molecule has 7 nitrogen and oxygen atoms in total. The van der Waals surface area contributed by atoms with Gasteiger partial charge in [-0.05, 0) is 50.1 Å². The third kappa shape index (κ3) is 5.72. The van der Waals surface area contributed by atoms with Crippen molar-refractivity contribution in [1.29, 1.82) is 0 Å². The van der Waals surface area contributed by atoms with Gasteiger partial charge in [-0.15, -0.1) is 11.3 Å². The lowest BCUT2D eigenvalue weighted by Crippen LogP contribution is -2.22. The van der Waals surface area contributed by atoms with Gasteiger partial charge in [-0.25, -0.2) is 9.78 Å². The van der Waals surface area contributed by atoms with Gasteiger partial charge in [-0.2, -0.15) is 13.2 Å². The molecule has 2 aromatic heterocycles. The van der Waals surface area contributed by atoms with E-state index in [9.17, 15) is 22.8 Å². The molecule has 1 aromatic carbocycles. The highest BCUT2D eigenvalue weighted by Gasteiger charge is 2.29. The molecular formula is C22H24F3N3O4S. The summed E-state index contributed by atoms with van der Waals surface area (Å²) < 4.78 is 47.2. The van der Waals surface area contributed by atoms with Gasteiger partial charge in [-0.1, -0.05) is 12.1 Å². The number of hydrogen-bond acceptors (Lipinski definition) is 7. The Balaban J connectivity index is 1.77. The SMILES string of the molecule is COC(=O)c1sc2nc(CN(C)Cc3cc(C)c(OCC(F)(F)F)c(C)c3)[nH]c(=O)c2c1C. The zero-order valence-corrected chi connectivity index (χ0v) is 19.7. The van der Waals surface area contributed by atoms with Crippen LogP contribution in [-0.2, 0) is 17.8 Å². The average Bonchev–Trinajstić information content (AvgIpc) is 3.02. The second kappa shape index (κ2) is 9.52. The molecule has 0 aliphatic heterocycles. The largest absolute Gasteiger partial charge is 0.484 e. The first kappa shape index (κ1) is 24.7. The maximum atomic E-state index is 12.6. The summed E-state index contributed by atoms with van der Waals surface area (Å²) in [6.07, 6.45) is -4.40. The van der Waals surface area contributed by atoms with Gasteiger partial charge in [0.1, 0.15) is 21.3 Å². The lowest BCUT2D eigenvalue weighted by atomic mass is 10.1. The van der Waals surface area contributed by atoms with Crippen molar-refractivity contribution >= 4 is 27.5 Å². The van der Waals surface area contributed by atoms with E-state index in [0.717, 1.165) is 16.9 Å². The number of carbonyl (C=O) groups excluding carboxylic acids is 1. The number of thiophene rings is 1. The molecule has 0 aliphatic carbocycles.